The lowest BCUT2D eigenvalue weighted by Gasteiger charge is -2.34. The molecule has 108 valence electrons. The van der Waals surface area contributed by atoms with Crippen LogP contribution in [0, 0.1) is 11.8 Å². The summed E-state index contributed by atoms with van der Waals surface area (Å²) in [6.45, 7) is 5.46. The van der Waals surface area contributed by atoms with E-state index in [1.54, 1.807) is 0 Å². The first-order chi connectivity index (χ1) is 9.06. The van der Waals surface area contributed by atoms with Crippen molar-refractivity contribution < 1.29 is 14.7 Å². The van der Waals surface area contributed by atoms with Gasteiger partial charge in [0, 0.05) is 32.6 Å². The molecule has 2 saturated heterocycles. The first-order valence-electron chi connectivity index (χ1n) is 7.32. The summed E-state index contributed by atoms with van der Waals surface area (Å²) in [6.07, 6.45) is 4.17. The minimum atomic E-state index is -0.741. The third-order valence-electron chi connectivity index (χ3n) is 4.25. The maximum atomic E-state index is 12.4. The van der Waals surface area contributed by atoms with Gasteiger partial charge in [0.15, 0.2) is 0 Å². The molecule has 0 aromatic heterocycles. The number of hydrogen-bond acceptors (Lipinski definition) is 2. The van der Waals surface area contributed by atoms with Crippen molar-refractivity contribution in [2.75, 3.05) is 26.2 Å². The summed E-state index contributed by atoms with van der Waals surface area (Å²) in [5, 5.41) is 8.69. The van der Waals surface area contributed by atoms with Crippen LogP contribution in [0.15, 0.2) is 0 Å². The number of carbonyl (C=O) groups is 2. The fourth-order valence-electron chi connectivity index (χ4n) is 3.13. The average Bonchev–Trinajstić information content (AvgIpc) is 2.84. The molecule has 19 heavy (non-hydrogen) atoms. The second-order valence-corrected chi connectivity index (χ2v) is 6.01. The van der Waals surface area contributed by atoms with Gasteiger partial charge in [0.25, 0.3) is 0 Å². The summed E-state index contributed by atoms with van der Waals surface area (Å²) in [4.78, 5) is 26.8. The summed E-state index contributed by atoms with van der Waals surface area (Å²) >= 11 is 0. The number of carboxylic acids is 1. The Balaban J connectivity index is 1.79. The molecule has 2 atom stereocenters. The zero-order chi connectivity index (χ0) is 13.8. The molecule has 0 bridgehead atoms. The Bertz CT molecular complexity index is 346. The van der Waals surface area contributed by atoms with Gasteiger partial charge in [0.2, 0.25) is 0 Å². The number of piperidine rings is 1. The molecule has 0 aromatic rings. The molecule has 5 heteroatoms. The monoisotopic (exact) mass is 268 g/mol. The highest BCUT2D eigenvalue weighted by molar-refractivity contribution is 5.75. The van der Waals surface area contributed by atoms with E-state index in [-0.39, 0.29) is 12.5 Å². The SMILES string of the molecule is CC1CCCN(C(=O)N2CCC(CCC(=O)O)C2)C1. The van der Waals surface area contributed by atoms with Crippen LogP contribution in [0.3, 0.4) is 0 Å². The maximum Gasteiger partial charge on any atom is 0.320 e. The summed E-state index contributed by atoms with van der Waals surface area (Å²) in [5.41, 5.74) is 0. The van der Waals surface area contributed by atoms with Crippen LogP contribution in [0.2, 0.25) is 0 Å². The highest BCUT2D eigenvalue weighted by Crippen LogP contribution is 2.24. The molecule has 2 amide bonds. The number of nitrogens with zero attached hydrogens (tertiary/aromatic N) is 2. The highest BCUT2D eigenvalue weighted by Gasteiger charge is 2.30. The molecule has 0 radical (unpaired) electrons. The quantitative estimate of drug-likeness (QED) is 0.852. The first-order valence-corrected chi connectivity index (χ1v) is 7.32. The Hall–Kier alpha value is -1.26. The lowest BCUT2D eigenvalue weighted by Crippen LogP contribution is -2.46. The van der Waals surface area contributed by atoms with Gasteiger partial charge in [0.05, 0.1) is 0 Å². The molecule has 2 aliphatic heterocycles. The second-order valence-electron chi connectivity index (χ2n) is 6.01. The molecule has 0 saturated carbocycles. The van der Waals surface area contributed by atoms with Crippen molar-refractivity contribution in [2.24, 2.45) is 11.8 Å². The average molecular weight is 268 g/mol. The van der Waals surface area contributed by atoms with Crippen molar-refractivity contribution in [3.63, 3.8) is 0 Å². The summed E-state index contributed by atoms with van der Waals surface area (Å²) < 4.78 is 0. The van der Waals surface area contributed by atoms with Crippen molar-refractivity contribution in [1.29, 1.82) is 0 Å². The largest absolute Gasteiger partial charge is 0.481 e. The number of urea groups is 1. The number of carbonyl (C=O) groups excluding carboxylic acids is 1. The van der Waals surface area contributed by atoms with Crippen LogP contribution in [0.1, 0.15) is 39.0 Å². The van der Waals surface area contributed by atoms with Crippen LogP contribution in [-0.2, 0) is 4.79 Å². The van der Waals surface area contributed by atoms with Gasteiger partial charge in [-0.05, 0) is 37.5 Å². The topological polar surface area (TPSA) is 60.9 Å². The predicted octanol–water partition coefficient (Wildman–Crippen LogP) is 2.03. The smallest absolute Gasteiger partial charge is 0.320 e. The molecular weight excluding hydrogens is 244 g/mol. The van der Waals surface area contributed by atoms with Crippen LogP contribution in [0.25, 0.3) is 0 Å². The molecule has 0 aromatic carbocycles. The maximum absolute atomic E-state index is 12.4. The Labute approximate surface area is 114 Å². The Morgan fingerprint density at radius 1 is 1.16 bits per heavy atom. The lowest BCUT2D eigenvalue weighted by molar-refractivity contribution is -0.137. The normalized spacial score (nSPS) is 27.6. The van der Waals surface area contributed by atoms with E-state index in [0.717, 1.165) is 39.0 Å². The van der Waals surface area contributed by atoms with Crippen molar-refractivity contribution >= 4 is 12.0 Å². The van der Waals surface area contributed by atoms with Crippen LogP contribution < -0.4 is 0 Å². The Morgan fingerprint density at radius 2 is 1.89 bits per heavy atom. The Morgan fingerprint density at radius 3 is 2.58 bits per heavy atom. The molecule has 0 spiro atoms. The molecule has 2 rings (SSSR count). The fraction of sp³-hybridized carbons (Fsp3) is 0.857. The van der Waals surface area contributed by atoms with Crippen molar-refractivity contribution in [3.05, 3.63) is 0 Å². The third kappa shape index (κ3) is 3.85. The van der Waals surface area contributed by atoms with E-state index in [9.17, 15) is 9.59 Å². The van der Waals surface area contributed by atoms with Crippen molar-refractivity contribution in [1.82, 2.24) is 9.80 Å². The molecule has 2 heterocycles. The van der Waals surface area contributed by atoms with E-state index in [0.29, 0.717) is 18.3 Å². The standard InChI is InChI=1S/C14H24N2O3/c1-11-3-2-7-15(9-11)14(19)16-8-6-12(10-16)4-5-13(17)18/h11-12H,2-10H2,1H3,(H,17,18). The van der Waals surface area contributed by atoms with Crippen LogP contribution >= 0.6 is 0 Å². The molecule has 0 aliphatic carbocycles. The molecular formula is C14H24N2O3. The number of rotatable bonds is 3. The lowest BCUT2D eigenvalue weighted by atomic mass is 10.0. The van der Waals surface area contributed by atoms with Gasteiger partial charge in [-0.2, -0.15) is 0 Å². The van der Waals surface area contributed by atoms with E-state index in [2.05, 4.69) is 6.92 Å². The number of carboxylic acid groups (broad SMARTS) is 1. The fourth-order valence-corrected chi connectivity index (χ4v) is 3.13. The predicted molar refractivity (Wildman–Crippen MR) is 71.9 cm³/mol. The Kier molecular flexibility index (Phi) is 4.66. The van der Waals surface area contributed by atoms with Gasteiger partial charge in [-0.1, -0.05) is 6.92 Å². The molecule has 2 aliphatic rings. The molecule has 2 fully saturated rings. The number of hydrogen-bond donors (Lipinski definition) is 1. The van der Waals surface area contributed by atoms with E-state index in [1.807, 2.05) is 9.80 Å². The van der Waals surface area contributed by atoms with Gasteiger partial charge >= 0.3 is 12.0 Å². The highest BCUT2D eigenvalue weighted by atomic mass is 16.4. The third-order valence-corrected chi connectivity index (χ3v) is 4.25. The van der Waals surface area contributed by atoms with Gasteiger partial charge < -0.3 is 14.9 Å². The first kappa shape index (κ1) is 14.2. The van der Waals surface area contributed by atoms with Crippen LogP contribution in [0.4, 0.5) is 4.79 Å². The van der Waals surface area contributed by atoms with E-state index in [4.69, 9.17) is 5.11 Å². The summed E-state index contributed by atoms with van der Waals surface area (Å²) in [6, 6.07) is 0.157. The minimum absolute atomic E-state index is 0.157. The summed E-state index contributed by atoms with van der Waals surface area (Å²) in [7, 11) is 0. The summed E-state index contributed by atoms with van der Waals surface area (Å²) in [5.74, 6) is 0.222. The molecule has 5 nitrogen and oxygen atoms in total. The van der Waals surface area contributed by atoms with E-state index < -0.39 is 5.97 Å². The van der Waals surface area contributed by atoms with E-state index in [1.165, 1.54) is 6.42 Å². The van der Waals surface area contributed by atoms with Gasteiger partial charge in [-0.15, -0.1) is 0 Å². The van der Waals surface area contributed by atoms with Crippen LogP contribution in [-0.4, -0.2) is 53.1 Å². The van der Waals surface area contributed by atoms with Crippen molar-refractivity contribution in [3.8, 4) is 0 Å². The van der Waals surface area contributed by atoms with Crippen molar-refractivity contribution in [2.45, 2.75) is 39.0 Å². The van der Waals surface area contributed by atoms with Gasteiger partial charge in [-0.25, -0.2) is 4.79 Å². The number of aliphatic carboxylic acids is 1. The van der Waals surface area contributed by atoms with Gasteiger partial charge in [0.1, 0.15) is 0 Å². The molecule has 2 unspecified atom stereocenters. The minimum Gasteiger partial charge on any atom is -0.481 e. The zero-order valence-corrected chi connectivity index (χ0v) is 11.7. The second kappa shape index (κ2) is 6.26. The number of likely N-dealkylation sites (tertiary alicyclic amines) is 2. The van der Waals surface area contributed by atoms with Gasteiger partial charge in [-0.3, -0.25) is 4.79 Å². The van der Waals surface area contributed by atoms with Crippen LogP contribution in [0.5, 0.6) is 0 Å². The number of amides is 2. The van der Waals surface area contributed by atoms with E-state index >= 15 is 0 Å². The molecule has 1 N–H and O–H groups in total. The zero-order valence-electron chi connectivity index (χ0n) is 11.7.